The van der Waals surface area contributed by atoms with Gasteiger partial charge in [-0.05, 0) is 10.6 Å². The molecule has 0 spiro atoms. The fraction of sp³-hybridized carbons (Fsp3) is 0. The molecular weight excluding hydrogens is 278 g/mol. The van der Waals surface area contributed by atoms with Crippen molar-refractivity contribution in [2.24, 2.45) is 0 Å². The number of benzene rings is 2. The summed E-state index contributed by atoms with van der Waals surface area (Å²) in [6.07, 6.45) is 0. The zero-order chi connectivity index (χ0) is 12.3. The monoisotopic (exact) mass is 290 g/mol. The van der Waals surface area contributed by atoms with Crippen LogP contribution in [0.4, 0.5) is 0 Å². The van der Waals surface area contributed by atoms with Gasteiger partial charge in [-0.1, -0.05) is 60.7 Å². The SMILES string of the molecule is O=S(=O)(O)P(c1ccccc1)c1ccccc1.[NaH]. The number of hydrogen-bond acceptors (Lipinski definition) is 2. The van der Waals surface area contributed by atoms with E-state index in [9.17, 15) is 13.0 Å². The maximum atomic E-state index is 11.5. The van der Waals surface area contributed by atoms with Gasteiger partial charge in [0.1, 0.15) is 7.12 Å². The quantitative estimate of drug-likeness (QED) is 0.526. The minimum atomic E-state index is -4.11. The molecule has 0 aliphatic carbocycles. The molecule has 0 saturated heterocycles. The molecule has 90 valence electrons. The molecule has 3 nitrogen and oxygen atoms in total. The second-order valence-electron chi connectivity index (χ2n) is 3.41. The van der Waals surface area contributed by atoms with Gasteiger partial charge in [-0.3, -0.25) is 4.55 Å². The molecule has 0 heterocycles. The van der Waals surface area contributed by atoms with E-state index in [4.69, 9.17) is 0 Å². The summed E-state index contributed by atoms with van der Waals surface area (Å²) in [5.41, 5.74) is 0. The van der Waals surface area contributed by atoms with E-state index >= 15 is 0 Å². The van der Waals surface area contributed by atoms with E-state index in [1.54, 1.807) is 48.5 Å². The molecule has 6 heteroatoms. The molecule has 0 atom stereocenters. The van der Waals surface area contributed by atoms with Gasteiger partial charge in [0.15, 0.2) is 0 Å². The molecule has 0 aliphatic rings. The van der Waals surface area contributed by atoms with Gasteiger partial charge in [0.2, 0.25) is 0 Å². The summed E-state index contributed by atoms with van der Waals surface area (Å²) in [7, 11) is -5.87. The summed E-state index contributed by atoms with van der Waals surface area (Å²) >= 11 is 0. The average Bonchev–Trinajstić information content (AvgIpc) is 2.30. The standard InChI is InChI=1S/C12H11O3PS.Na.H/c13-17(14,15)16(11-7-3-1-4-8-11)12-9-5-2-6-10-12;;/h1-10H,(H,13,14,15);;. The van der Waals surface area contributed by atoms with Crippen LogP contribution in [0.25, 0.3) is 0 Å². The Morgan fingerprint density at radius 1 is 0.778 bits per heavy atom. The summed E-state index contributed by atoms with van der Waals surface area (Å²) in [5.74, 6) is 0. The summed E-state index contributed by atoms with van der Waals surface area (Å²) in [6, 6.07) is 17.5. The average molecular weight is 290 g/mol. The van der Waals surface area contributed by atoms with Crippen molar-refractivity contribution in [3.05, 3.63) is 60.7 Å². The Kier molecular flexibility index (Phi) is 5.99. The van der Waals surface area contributed by atoms with Crippen LogP contribution < -0.4 is 10.6 Å². The molecule has 2 aromatic rings. The Labute approximate surface area is 130 Å². The normalized spacial score (nSPS) is 11.0. The molecule has 0 saturated carbocycles. The Hall–Kier alpha value is -0.220. The number of hydrogen-bond donors (Lipinski definition) is 1. The van der Waals surface area contributed by atoms with Crippen molar-refractivity contribution in [1.82, 2.24) is 0 Å². The topological polar surface area (TPSA) is 54.4 Å². The first kappa shape index (κ1) is 15.8. The van der Waals surface area contributed by atoms with E-state index in [1.807, 2.05) is 12.1 Å². The molecular formula is C12H12NaO3PS. The first-order valence-corrected chi connectivity index (χ1v) is 8.35. The predicted octanol–water partition coefficient (Wildman–Crippen LogP) is 1.27. The van der Waals surface area contributed by atoms with Gasteiger partial charge in [0.05, 0.1) is 0 Å². The Bertz CT molecular complexity index is 548. The first-order chi connectivity index (χ1) is 8.09. The molecule has 1 N–H and O–H groups in total. The zero-order valence-electron chi connectivity index (χ0n) is 8.89. The van der Waals surface area contributed by atoms with Crippen LogP contribution in [0.1, 0.15) is 0 Å². The molecule has 2 rings (SSSR count). The molecule has 0 unspecified atom stereocenters. The second kappa shape index (κ2) is 6.80. The van der Waals surface area contributed by atoms with E-state index in [1.165, 1.54) is 0 Å². The molecule has 0 fully saturated rings. The Morgan fingerprint density at radius 3 is 1.39 bits per heavy atom. The molecule has 0 radical (unpaired) electrons. The van der Waals surface area contributed by atoms with Crippen LogP contribution in [0.3, 0.4) is 0 Å². The van der Waals surface area contributed by atoms with Gasteiger partial charge in [0, 0.05) is 0 Å². The van der Waals surface area contributed by atoms with Crippen molar-refractivity contribution in [2.75, 3.05) is 0 Å². The summed E-state index contributed by atoms with van der Waals surface area (Å²) in [5, 5.41) is 1.24. The molecule has 0 aromatic heterocycles. The van der Waals surface area contributed by atoms with Crippen LogP contribution in [0.2, 0.25) is 0 Å². The molecule has 18 heavy (non-hydrogen) atoms. The fourth-order valence-corrected chi connectivity index (χ4v) is 5.59. The van der Waals surface area contributed by atoms with Crippen molar-refractivity contribution in [3.8, 4) is 0 Å². The van der Waals surface area contributed by atoms with Gasteiger partial charge in [-0.2, -0.15) is 8.42 Å². The number of rotatable bonds is 3. The van der Waals surface area contributed by atoms with Crippen molar-refractivity contribution in [1.29, 1.82) is 0 Å². The zero-order valence-corrected chi connectivity index (χ0v) is 10.6. The van der Waals surface area contributed by atoms with Gasteiger partial charge < -0.3 is 0 Å². The molecule has 0 bridgehead atoms. The molecule has 0 aliphatic heterocycles. The Morgan fingerprint density at radius 2 is 1.11 bits per heavy atom. The van der Waals surface area contributed by atoms with E-state index in [2.05, 4.69) is 0 Å². The van der Waals surface area contributed by atoms with Gasteiger partial charge in [0.25, 0.3) is 9.74 Å². The van der Waals surface area contributed by atoms with Crippen molar-refractivity contribution >= 4 is 57.0 Å². The summed E-state index contributed by atoms with van der Waals surface area (Å²) < 4.78 is 32.4. The van der Waals surface area contributed by atoms with Gasteiger partial charge >= 0.3 is 29.6 Å². The van der Waals surface area contributed by atoms with Crippen LogP contribution in [-0.4, -0.2) is 42.5 Å². The second-order valence-corrected chi connectivity index (χ2v) is 8.41. The predicted molar refractivity (Wildman–Crippen MR) is 77.8 cm³/mol. The van der Waals surface area contributed by atoms with Crippen LogP contribution >= 0.6 is 7.12 Å². The van der Waals surface area contributed by atoms with Crippen LogP contribution in [0.5, 0.6) is 0 Å². The third-order valence-electron chi connectivity index (χ3n) is 2.21. The van der Waals surface area contributed by atoms with E-state index in [-0.39, 0.29) is 29.6 Å². The van der Waals surface area contributed by atoms with Crippen molar-refractivity contribution < 1.29 is 13.0 Å². The van der Waals surface area contributed by atoms with Gasteiger partial charge in [-0.25, -0.2) is 0 Å². The molecule has 2 aromatic carbocycles. The minimum absolute atomic E-state index is 0. The maximum absolute atomic E-state index is 11.5. The summed E-state index contributed by atoms with van der Waals surface area (Å²) in [6.45, 7) is 0. The van der Waals surface area contributed by atoms with E-state index in [0.717, 1.165) is 0 Å². The van der Waals surface area contributed by atoms with Crippen LogP contribution in [0.15, 0.2) is 60.7 Å². The third-order valence-corrected chi connectivity index (χ3v) is 6.86. The Balaban J connectivity index is 0.00000162. The van der Waals surface area contributed by atoms with Crippen LogP contribution in [-0.2, 0) is 9.74 Å². The molecule has 0 amide bonds. The third kappa shape index (κ3) is 3.89. The fourth-order valence-electron chi connectivity index (χ4n) is 1.54. The summed E-state index contributed by atoms with van der Waals surface area (Å²) in [4.78, 5) is 0. The van der Waals surface area contributed by atoms with E-state index < -0.39 is 16.9 Å². The van der Waals surface area contributed by atoms with Crippen LogP contribution in [0, 0.1) is 0 Å². The van der Waals surface area contributed by atoms with E-state index in [0.29, 0.717) is 10.6 Å². The van der Waals surface area contributed by atoms with Gasteiger partial charge in [-0.15, -0.1) is 0 Å². The first-order valence-electron chi connectivity index (χ1n) is 4.97. The van der Waals surface area contributed by atoms with Crippen molar-refractivity contribution in [3.63, 3.8) is 0 Å². The van der Waals surface area contributed by atoms with Crippen molar-refractivity contribution in [2.45, 2.75) is 0 Å².